The van der Waals surface area contributed by atoms with E-state index < -0.39 is 0 Å². The first kappa shape index (κ1) is 14.9. The van der Waals surface area contributed by atoms with Crippen LogP contribution in [-0.2, 0) is 0 Å². The summed E-state index contributed by atoms with van der Waals surface area (Å²) in [5.74, 6) is 0.856. The molecule has 0 amide bonds. The highest BCUT2D eigenvalue weighted by Crippen LogP contribution is 2.28. The summed E-state index contributed by atoms with van der Waals surface area (Å²) in [5, 5.41) is 12.4. The predicted molar refractivity (Wildman–Crippen MR) is 91.1 cm³/mol. The monoisotopic (exact) mass is 324 g/mol. The molecule has 3 heterocycles. The molecule has 7 heteroatoms. The van der Waals surface area contributed by atoms with Crippen molar-refractivity contribution in [2.24, 2.45) is 0 Å². The molecular weight excluding hydrogens is 304 g/mol. The van der Waals surface area contributed by atoms with Crippen LogP contribution in [0, 0.1) is 6.92 Å². The molecule has 3 aromatic heterocycles. The lowest BCUT2D eigenvalue weighted by molar-refractivity contribution is 0.302. The molecule has 24 heavy (non-hydrogen) atoms. The van der Waals surface area contributed by atoms with E-state index in [4.69, 9.17) is 0 Å². The predicted octanol–water partition coefficient (Wildman–Crippen LogP) is 2.19. The number of hydrogen-bond acceptors (Lipinski definition) is 5. The maximum Gasteiger partial charge on any atom is 0.267 e. The molecule has 4 rings (SSSR count). The van der Waals surface area contributed by atoms with Crippen molar-refractivity contribution in [3.63, 3.8) is 0 Å². The number of nitrogens with zero attached hydrogens (tertiary/aromatic N) is 5. The van der Waals surface area contributed by atoms with Gasteiger partial charge in [-0.1, -0.05) is 0 Å². The highest BCUT2D eigenvalue weighted by Gasteiger charge is 2.24. The molecule has 0 bridgehead atoms. The first-order chi connectivity index (χ1) is 11.7. The topological polar surface area (TPSA) is 77.1 Å². The number of aryl methyl sites for hydroxylation is 1. The average Bonchev–Trinajstić information content (AvgIpc) is 3.06. The summed E-state index contributed by atoms with van der Waals surface area (Å²) >= 11 is 0. The van der Waals surface area contributed by atoms with Crippen molar-refractivity contribution in [3.8, 4) is 0 Å². The van der Waals surface area contributed by atoms with E-state index in [0.717, 1.165) is 42.8 Å². The zero-order valence-corrected chi connectivity index (χ0v) is 13.6. The maximum atomic E-state index is 12.0. The van der Waals surface area contributed by atoms with Gasteiger partial charge in [0.2, 0.25) is 0 Å². The molecule has 0 spiro atoms. The van der Waals surface area contributed by atoms with Crippen LogP contribution in [0.3, 0.4) is 0 Å². The van der Waals surface area contributed by atoms with E-state index in [-0.39, 0.29) is 11.6 Å². The van der Waals surface area contributed by atoms with Crippen LogP contribution in [0.15, 0.2) is 41.5 Å². The Balaban J connectivity index is 1.42. The second-order valence-electron chi connectivity index (χ2n) is 6.36. The largest absolute Gasteiger partial charge is 0.366 e. The van der Waals surface area contributed by atoms with Crippen LogP contribution in [0.1, 0.15) is 37.4 Å². The molecule has 1 aliphatic carbocycles. The van der Waals surface area contributed by atoms with Crippen LogP contribution < -0.4 is 10.9 Å². The SMILES string of the molecule is Cc1ccc(=O)n(C2CCC(Nc3ccc4nccn4n3)CC2)n1. The lowest BCUT2D eigenvalue weighted by Crippen LogP contribution is -2.33. The third-order valence-electron chi connectivity index (χ3n) is 4.61. The number of fused-ring (bicyclic) bond motifs is 1. The van der Waals surface area contributed by atoms with Gasteiger partial charge < -0.3 is 5.32 Å². The Morgan fingerprint density at radius 2 is 1.92 bits per heavy atom. The summed E-state index contributed by atoms with van der Waals surface area (Å²) in [6.45, 7) is 1.92. The molecule has 0 aliphatic heterocycles. The minimum Gasteiger partial charge on any atom is -0.366 e. The van der Waals surface area contributed by atoms with Crippen molar-refractivity contribution in [2.45, 2.75) is 44.7 Å². The third-order valence-corrected chi connectivity index (χ3v) is 4.61. The first-order valence-electron chi connectivity index (χ1n) is 8.32. The second-order valence-corrected chi connectivity index (χ2v) is 6.36. The van der Waals surface area contributed by atoms with Gasteiger partial charge in [-0.2, -0.15) is 5.10 Å². The Morgan fingerprint density at radius 3 is 2.75 bits per heavy atom. The summed E-state index contributed by atoms with van der Waals surface area (Å²) in [6, 6.07) is 7.86. The number of anilines is 1. The summed E-state index contributed by atoms with van der Waals surface area (Å²) in [7, 11) is 0. The van der Waals surface area contributed by atoms with Crippen LogP contribution in [0.4, 0.5) is 5.82 Å². The maximum absolute atomic E-state index is 12.0. The summed E-state index contributed by atoms with van der Waals surface area (Å²) in [5.41, 5.74) is 1.71. The van der Waals surface area contributed by atoms with Gasteiger partial charge >= 0.3 is 0 Å². The molecule has 0 atom stereocenters. The van der Waals surface area contributed by atoms with Gasteiger partial charge in [0.1, 0.15) is 5.82 Å². The van der Waals surface area contributed by atoms with Gasteiger partial charge in [0.25, 0.3) is 5.56 Å². The zero-order chi connectivity index (χ0) is 16.5. The normalized spacial score (nSPS) is 21.0. The van der Waals surface area contributed by atoms with E-state index in [0.29, 0.717) is 6.04 Å². The summed E-state index contributed by atoms with van der Waals surface area (Å²) in [4.78, 5) is 16.2. The molecule has 1 saturated carbocycles. The molecule has 0 radical (unpaired) electrons. The van der Waals surface area contributed by atoms with Gasteiger partial charge in [-0.25, -0.2) is 14.2 Å². The van der Waals surface area contributed by atoms with E-state index in [9.17, 15) is 4.79 Å². The molecule has 7 nitrogen and oxygen atoms in total. The first-order valence-corrected chi connectivity index (χ1v) is 8.32. The van der Waals surface area contributed by atoms with E-state index in [2.05, 4.69) is 20.5 Å². The van der Waals surface area contributed by atoms with Crippen molar-refractivity contribution in [3.05, 3.63) is 52.7 Å². The number of hydrogen-bond donors (Lipinski definition) is 1. The average molecular weight is 324 g/mol. The van der Waals surface area contributed by atoms with Crippen LogP contribution in [0.25, 0.3) is 5.65 Å². The second kappa shape index (κ2) is 6.07. The molecule has 0 unspecified atom stereocenters. The van der Waals surface area contributed by atoms with Crippen LogP contribution >= 0.6 is 0 Å². The van der Waals surface area contributed by atoms with Crippen molar-refractivity contribution in [1.29, 1.82) is 0 Å². The van der Waals surface area contributed by atoms with Gasteiger partial charge in [-0.05, 0) is 50.8 Å². The summed E-state index contributed by atoms with van der Waals surface area (Å²) < 4.78 is 3.42. The third kappa shape index (κ3) is 2.89. The molecule has 3 aromatic rings. The smallest absolute Gasteiger partial charge is 0.267 e. The Labute approximate surface area is 139 Å². The fourth-order valence-electron chi connectivity index (χ4n) is 3.35. The number of aromatic nitrogens is 5. The molecular formula is C17H20N6O. The number of imidazole rings is 1. The standard InChI is InChI=1S/C17H20N6O/c1-12-2-9-17(24)23(20-12)14-5-3-13(4-6-14)19-15-7-8-16-18-10-11-22(16)21-15/h2,7-11,13-14H,3-6H2,1H3,(H,19,21). The fourth-order valence-corrected chi connectivity index (χ4v) is 3.35. The van der Waals surface area contributed by atoms with Gasteiger partial charge in [0.05, 0.1) is 11.7 Å². The zero-order valence-electron chi connectivity index (χ0n) is 13.6. The van der Waals surface area contributed by atoms with Crippen molar-refractivity contribution < 1.29 is 0 Å². The van der Waals surface area contributed by atoms with E-state index in [1.807, 2.05) is 25.3 Å². The number of rotatable bonds is 3. The van der Waals surface area contributed by atoms with Gasteiger partial charge in [-0.15, -0.1) is 5.10 Å². The van der Waals surface area contributed by atoms with Crippen molar-refractivity contribution in [2.75, 3.05) is 5.32 Å². The molecule has 0 saturated heterocycles. The summed E-state index contributed by atoms with van der Waals surface area (Å²) in [6.07, 6.45) is 7.46. The van der Waals surface area contributed by atoms with E-state index in [1.54, 1.807) is 27.5 Å². The Hall–Kier alpha value is -2.70. The Kier molecular flexibility index (Phi) is 3.76. The van der Waals surface area contributed by atoms with Crippen molar-refractivity contribution >= 4 is 11.5 Å². The molecule has 0 aromatic carbocycles. The van der Waals surface area contributed by atoms with Crippen LogP contribution in [0.5, 0.6) is 0 Å². The van der Waals surface area contributed by atoms with Crippen molar-refractivity contribution in [1.82, 2.24) is 24.4 Å². The van der Waals surface area contributed by atoms with Gasteiger partial charge in [-0.3, -0.25) is 4.79 Å². The van der Waals surface area contributed by atoms with Crippen LogP contribution in [0.2, 0.25) is 0 Å². The van der Waals surface area contributed by atoms with Crippen LogP contribution in [-0.4, -0.2) is 30.4 Å². The highest BCUT2D eigenvalue weighted by molar-refractivity contribution is 5.44. The van der Waals surface area contributed by atoms with E-state index in [1.165, 1.54) is 0 Å². The number of nitrogens with one attached hydrogen (secondary N) is 1. The van der Waals surface area contributed by atoms with E-state index >= 15 is 0 Å². The highest BCUT2D eigenvalue weighted by atomic mass is 16.1. The Morgan fingerprint density at radius 1 is 1.08 bits per heavy atom. The molecule has 1 fully saturated rings. The Bertz CT molecular complexity index is 907. The van der Waals surface area contributed by atoms with Gasteiger partial charge in [0, 0.05) is 24.5 Å². The minimum absolute atomic E-state index is 0.00997. The van der Waals surface area contributed by atoms with Gasteiger partial charge in [0.15, 0.2) is 5.65 Å². The lowest BCUT2D eigenvalue weighted by atomic mass is 9.91. The minimum atomic E-state index is -0.00997. The lowest BCUT2D eigenvalue weighted by Gasteiger charge is -2.29. The molecule has 1 aliphatic rings. The fraction of sp³-hybridized carbons (Fsp3) is 0.412. The molecule has 1 N–H and O–H groups in total. The quantitative estimate of drug-likeness (QED) is 0.799. The molecule has 124 valence electrons.